The molecule has 0 aliphatic carbocycles. The van der Waals surface area contributed by atoms with Gasteiger partial charge in [0, 0.05) is 12.2 Å². The van der Waals surface area contributed by atoms with Crippen LogP contribution in [-0.2, 0) is 9.53 Å². The zero-order valence-electron chi connectivity index (χ0n) is 9.77. The van der Waals surface area contributed by atoms with Crippen LogP contribution in [0.4, 0.5) is 0 Å². The van der Waals surface area contributed by atoms with Gasteiger partial charge in [0.05, 0.1) is 0 Å². The maximum absolute atomic E-state index is 11.8. The van der Waals surface area contributed by atoms with Crippen LogP contribution in [-0.4, -0.2) is 29.3 Å². The first-order chi connectivity index (χ1) is 7.99. The van der Waals surface area contributed by atoms with Gasteiger partial charge < -0.3 is 15.2 Å². The lowest BCUT2D eigenvalue weighted by molar-refractivity contribution is -0.166. The summed E-state index contributed by atoms with van der Waals surface area (Å²) >= 11 is 0. The second-order valence-corrected chi connectivity index (χ2v) is 3.59. The Bertz CT molecular complexity index is 404. The highest BCUT2D eigenvalue weighted by atomic mass is 16.5. The number of nitrogens with one attached hydrogen (secondary N) is 1. The zero-order valence-corrected chi connectivity index (χ0v) is 9.77. The van der Waals surface area contributed by atoms with E-state index in [2.05, 4.69) is 5.32 Å². The summed E-state index contributed by atoms with van der Waals surface area (Å²) < 4.78 is 5.05. The number of carboxylic acid groups (broad SMARTS) is 1. The maximum Gasteiger partial charge on any atom is 0.357 e. The Morgan fingerprint density at radius 2 is 1.94 bits per heavy atom. The molecule has 5 heteroatoms. The topological polar surface area (TPSA) is 75.6 Å². The monoisotopic (exact) mass is 237 g/mol. The number of hydrogen-bond acceptors (Lipinski definition) is 3. The van der Waals surface area contributed by atoms with E-state index in [4.69, 9.17) is 9.84 Å². The molecule has 1 rings (SSSR count). The Morgan fingerprint density at radius 3 is 2.41 bits per heavy atom. The Hall–Kier alpha value is -1.88. The molecule has 5 nitrogen and oxygen atoms in total. The third-order valence-electron chi connectivity index (χ3n) is 2.23. The summed E-state index contributed by atoms with van der Waals surface area (Å²) in [7, 11) is 0. The number of carbonyl (C=O) groups excluding carboxylic acids is 1. The highest BCUT2D eigenvalue weighted by molar-refractivity contribution is 5.97. The molecule has 0 heterocycles. The molecule has 0 fully saturated rings. The first-order valence-electron chi connectivity index (χ1n) is 5.24. The van der Waals surface area contributed by atoms with Gasteiger partial charge in [-0.1, -0.05) is 18.2 Å². The second-order valence-electron chi connectivity index (χ2n) is 3.59. The van der Waals surface area contributed by atoms with Crippen molar-refractivity contribution in [1.29, 1.82) is 0 Å². The van der Waals surface area contributed by atoms with Crippen molar-refractivity contribution < 1.29 is 19.4 Å². The smallest absolute Gasteiger partial charge is 0.357 e. The molecule has 0 bridgehead atoms. The van der Waals surface area contributed by atoms with Gasteiger partial charge in [0.2, 0.25) is 5.72 Å². The Morgan fingerprint density at radius 1 is 1.35 bits per heavy atom. The van der Waals surface area contributed by atoms with Crippen LogP contribution in [0.5, 0.6) is 0 Å². The van der Waals surface area contributed by atoms with Gasteiger partial charge in [-0.05, 0) is 26.0 Å². The van der Waals surface area contributed by atoms with Crippen molar-refractivity contribution in [2.24, 2.45) is 0 Å². The molecule has 2 N–H and O–H groups in total. The van der Waals surface area contributed by atoms with Crippen LogP contribution in [0.2, 0.25) is 0 Å². The molecule has 1 atom stereocenters. The second kappa shape index (κ2) is 5.45. The van der Waals surface area contributed by atoms with E-state index < -0.39 is 17.6 Å². The van der Waals surface area contributed by atoms with Gasteiger partial charge in [0.1, 0.15) is 0 Å². The fourth-order valence-corrected chi connectivity index (χ4v) is 1.32. The van der Waals surface area contributed by atoms with Gasteiger partial charge in [0.15, 0.2) is 0 Å². The maximum atomic E-state index is 11.8. The van der Waals surface area contributed by atoms with Crippen LogP contribution < -0.4 is 5.32 Å². The van der Waals surface area contributed by atoms with Crippen LogP contribution in [0.15, 0.2) is 30.3 Å². The summed E-state index contributed by atoms with van der Waals surface area (Å²) in [5.41, 5.74) is -1.32. The molecule has 92 valence electrons. The van der Waals surface area contributed by atoms with E-state index in [1.807, 2.05) is 0 Å². The number of hydrogen-bond donors (Lipinski definition) is 2. The first kappa shape index (κ1) is 13.2. The quantitative estimate of drug-likeness (QED) is 0.756. The van der Waals surface area contributed by atoms with Crippen LogP contribution in [0.3, 0.4) is 0 Å². The lowest BCUT2D eigenvalue weighted by Crippen LogP contribution is -2.54. The zero-order chi connectivity index (χ0) is 12.9. The van der Waals surface area contributed by atoms with Crippen LogP contribution >= 0.6 is 0 Å². The summed E-state index contributed by atoms with van der Waals surface area (Å²) in [4.78, 5) is 22.8. The molecule has 17 heavy (non-hydrogen) atoms. The van der Waals surface area contributed by atoms with Crippen LogP contribution in [0, 0.1) is 0 Å². The molecule has 0 aliphatic heterocycles. The SMILES string of the molecule is CCOC(C)(NC(=O)c1ccccc1)C(=O)O. The van der Waals surface area contributed by atoms with Crippen molar-refractivity contribution in [3.8, 4) is 0 Å². The lowest BCUT2D eigenvalue weighted by Gasteiger charge is -2.25. The number of ether oxygens (including phenoxy) is 1. The number of amides is 1. The van der Waals surface area contributed by atoms with Crippen LogP contribution in [0.25, 0.3) is 0 Å². The lowest BCUT2D eigenvalue weighted by atomic mass is 10.2. The first-order valence-corrected chi connectivity index (χ1v) is 5.24. The summed E-state index contributed by atoms with van der Waals surface area (Å²) in [5.74, 6) is -1.72. The van der Waals surface area contributed by atoms with Crippen LogP contribution in [0.1, 0.15) is 24.2 Å². The summed E-state index contributed by atoms with van der Waals surface area (Å²) in [6.45, 7) is 3.16. The molecule has 0 spiro atoms. The van der Waals surface area contributed by atoms with Crippen molar-refractivity contribution in [3.63, 3.8) is 0 Å². The van der Waals surface area contributed by atoms with Crippen molar-refractivity contribution in [1.82, 2.24) is 5.32 Å². The number of carboxylic acids is 1. The molecule has 1 unspecified atom stereocenters. The summed E-state index contributed by atoms with van der Waals surface area (Å²) in [5, 5.41) is 11.4. The van der Waals surface area contributed by atoms with E-state index >= 15 is 0 Å². The highest BCUT2D eigenvalue weighted by Crippen LogP contribution is 2.09. The minimum absolute atomic E-state index is 0.192. The molecule has 0 aliphatic rings. The van der Waals surface area contributed by atoms with Crippen molar-refractivity contribution in [2.45, 2.75) is 19.6 Å². The minimum Gasteiger partial charge on any atom is -0.478 e. The molecule has 0 aromatic heterocycles. The predicted octanol–water partition coefficient (Wildman–Crippen LogP) is 1.25. The highest BCUT2D eigenvalue weighted by Gasteiger charge is 2.35. The van der Waals surface area contributed by atoms with E-state index in [-0.39, 0.29) is 6.61 Å². The molecule has 1 amide bonds. The van der Waals surface area contributed by atoms with E-state index in [9.17, 15) is 9.59 Å². The third kappa shape index (κ3) is 3.29. The number of carbonyl (C=O) groups is 2. The molecule has 1 aromatic rings. The number of rotatable bonds is 5. The van der Waals surface area contributed by atoms with Gasteiger partial charge in [-0.3, -0.25) is 4.79 Å². The van der Waals surface area contributed by atoms with E-state index in [1.165, 1.54) is 6.92 Å². The number of aliphatic carboxylic acids is 1. The molecule has 0 radical (unpaired) electrons. The van der Waals surface area contributed by atoms with Gasteiger partial charge in [-0.2, -0.15) is 0 Å². The van der Waals surface area contributed by atoms with E-state index in [1.54, 1.807) is 37.3 Å². The predicted molar refractivity (Wildman–Crippen MR) is 61.6 cm³/mol. The average molecular weight is 237 g/mol. The molecule has 0 saturated heterocycles. The molecular formula is C12H15NO4. The Kier molecular flexibility index (Phi) is 4.23. The van der Waals surface area contributed by atoms with Crippen molar-refractivity contribution in [2.75, 3.05) is 6.61 Å². The van der Waals surface area contributed by atoms with Gasteiger partial charge in [-0.15, -0.1) is 0 Å². The summed E-state index contributed by atoms with van der Waals surface area (Å²) in [6.07, 6.45) is 0. The van der Waals surface area contributed by atoms with Crippen molar-refractivity contribution in [3.05, 3.63) is 35.9 Å². The standard InChI is InChI=1S/C12H15NO4/c1-3-17-12(2,11(15)16)13-10(14)9-7-5-4-6-8-9/h4-8H,3H2,1-2H3,(H,13,14)(H,15,16). The fraction of sp³-hybridized carbons (Fsp3) is 0.333. The number of benzene rings is 1. The fourth-order valence-electron chi connectivity index (χ4n) is 1.32. The average Bonchev–Trinajstić information content (AvgIpc) is 2.30. The molecule has 0 saturated carbocycles. The normalized spacial score (nSPS) is 13.8. The van der Waals surface area contributed by atoms with Crippen molar-refractivity contribution >= 4 is 11.9 Å². The summed E-state index contributed by atoms with van der Waals surface area (Å²) in [6, 6.07) is 8.38. The van der Waals surface area contributed by atoms with Gasteiger partial charge in [-0.25, -0.2) is 4.79 Å². The largest absolute Gasteiger partial charge is 0.478 e. The Balaban J connectivity index is 2.82. The van der Waals surface area contributed by atoms with E-state index in [0.717, 1.165) is 0 Å². The third-order valence-corrected chi connectivity index (χ3v) is 2.23. The molecule has 1 aromatic carbocycles. The molecular weight excluding hydrogens is 222 g/mol. The van der Waals surface area contributed by atoms with Gasteiger partial charge in [0.25, 0.3) is 5.91 Å². The minimum atomic E-state index is -1.71. The van der Waals surface area contributed by atoms with Gasteiger partial charge >= 0.3 is 5.97 Å². The Labute approximate surface area is 99.4 Å². The van der Waals surface area contributed by atoms with E-state index in [0.29, 0.717) is 5.56 Å².